The van der Waals surface area contributed by atoms with Crippen molar-refractivity contribution in [1.82, 2.24) is 16.0 Å². The van der Waals surface area contributed by atoms with E-state index >= 15 is 0 Å². The molecule has 0 aromatic heterocycles. The van der Waals surface area contributed by atoms with Gasteiger partial charge in [-0.3, -0.25) is 24.0 Å². The second-order valence-electron chi connectivity index (χ2n) is 8.32. The number of nitrogens with one attached hydrogen (secondary N) is 3. The predicted octanol–water partition coefficient (Wildman–Crippen LogP) is -2.23. The topological polar surface area (TPSA) is 257 Å². The number of amides is 4. The van der Waals surface area contributed by atoms with E-state index < -0.39 is 72.6 Å². The molecule has 35 heavy (non-hydrogen) atoms. The number of rotatable bonds is 18. The third-order valence-corrected chi connectivity index (χ3v) is 5.44. The van der Waals surface area contributed by atoms with Gasteiger partial charge < -0.3 is 43.4 Å². The van der Waals surface area contributed by atoms with Crippen LogP contribution in [-0.2, 0) is 28.8 Å². The molecule has 0 bridgehead atoms. The first kappa shape index (κ1) is 31.7. The molecular weight excluding hydrogens is 464 g/mol. The first-order valence-electron chi connectivity index (χ1n) is 11.4. The van der Waals surface area contributed by atoms with E-state index in [1.807, 2.05) is 6.92 Å². The van der Waals surface area contributed by atoms with Crippen molar-refractivity contribution in [3.8, 4) is 0 Å². The molecule has 0 radical (unpaired) electrons. The molecule has 0 spiro atoms. The number of carboxylic acid groups (broad SMARTS) is 2. The van der Waals surface area contributed by atoms with Crippen LogP contribution >= 0.6 is 0 Å². The van der Waals surface area contributed by atoms with E-state index in [2.05, 4.69) is 16.0 Å². The summed E-state index contributed by atoms with van der Waals surface area (Å²) in [6.07, 6.45) is 0.204. The summed E-state index contributed by atoms with van der Waals surface area (Å²) in [6, 6.07) is -5.09. The molecule has 5 atom stereocenters. The van der Waals surface area contributed by atoms with Crippen LogP contribution in [0.5, 0.6) is 0 Å². The van der Waals surface area contributed by atoms with Crippen LogP contribution in [0.15, 0.2) is 0 Å². The molecule has 14 heteroatoms. The molecule has 0 aromatic carbocycles. The predicted molar refractivity (Wildman–Crippen MR) is 124 cm³/mol. The molecule has 200 valence electrons. The van der Waals surface area contributed by atoms with Crippen LogP contribution < -0.4 is 33.2 Å². The molecule has 0 heterocycles. The number of unbranched alkanes of at least 4 members (excludes halogenated alkanes) is 1. The SMILES string of the molecule is CCC(C)C(N)C(=O)NC(CCC(=O)O)C(=O)NC(CCCCN)C(=O)NC(CC(N)=O)C(=O)O. The van der Waals surface area contributed by atoms with E-state index in [9.17, 15) is 33.9 Å². The average Bonchev–Trinajstić information content (AvgIpc) is 2.78. The Morgan fingerprint density at radius 1 is 0.829 bits per heavy atom. The molecule has 0 saturated heterocycles. The van der Waals surface area contributed by atoms with E-state index in [4.69, 9.17) is 22.3 Å². The molecule has 0 aliphatic rings. The van der Waals surface area contributed by atoms with E-state index in [0.29, 0.717) is 25.8 Å². The van der Waals surface area contributed by atoms with Crippen molar-refractivity contribution < 1.29 is 39.0 Å². The lowest BCUT2D eigenvalue weighted by Crippen LogP contribution is -2.57. The quantitative estimate of drug-likeness (QED) is 0.0935. The zero-order valence-electron chi connectivity index (χ0n) is 20.1. The Bertz CT molecular complexity index is 762. The number of carbonyl (C=O) groups excluding carboxylic acids is 4. The van der Waals surface area contributed by atoms with Crippen LogP contribution in [0.4, 0.5) is 0 Å². The fraction of sp³-hybridized carbons (Fsp3) is 0.714. The molecule has 11 N–H and O–H groups in total. The highest BCUT2D eigenvalue weighted by atomic mass is 16.4. The van der Waals surface area contributed by atoms with Crippen LogP contribution in [-0.4, -0.2) is 76.5 Å². The van der Waals surface area contributed by atoms with Crippen LogP contribution in [0.1, 0.15) is 58.8 Å². The number of hydrogen-bond donors (Lipinski definition) is 8. The van der Waals surface area contributed by atoms with E-state index in [1.54, 1.807) is 6.92 Å². The van der Waals surface area contributed by atoms with Gasteiger partial charge in [0.25, 0.3) is 0 Å². The molecule has 0 aromatic rings. The normalized spacial score (nSPS) is 15.1. The summed E-state index contributed by atoms with van der Waals surface area (Å²) in [5.41, 5.74) is 16.4. The number of nitrogens with two attached hydrogens (primary N) is 3. The number of hydrogen-bond acceptors (Lipinski definition) is 8. The summed E-state index contributed by atoms with van der Waals surface area (Å²) in [4.78, 5) is 71.7. The molecule has 0 fully saturated rings. The maximum atomic E-state index is 12.9. The summed E-state index contributed by atoms with van der Waals surface area (Å²) in [5, 5.41) is 25.3. The van der Waals surface area contributed by atoms with Gasteiger partial charge in [0.2, 0.25) is 23.6 Å². The molecule has 5 unspecified atom stereocenters. The highest BCUT2D eigenvalue weighted by Crippen LogP contribution is 2.08. The molecule has 14 nitrogen and oxygen atoms in total. The van der Waals surface area contributed by atoms with Crippen molar-refractivity contribution in [2.24, 2.45) is 23.1 Å². The second kappa shape index (κ2) is 16.4. The zero-order chi connectivity index (χ0) is 27.1. The van der Waals surface area contributed by atoms with Crippen molar-refractivity contribution in [1.29, 1.82) is 0 Å². The fourth-order valence-electron chi connectivity index (χ4n) is 3.02. The van der Waals surface area contributed by atoms with E-state index in [-0.39, 0.29) is 18.8 Å². The van der Waals surface area contributed by atoms with Gasteiger partial charge in [-0.1, -0.05) is 20.3 Å². The Balaban J connectivity index is 5.63. The van der Waals surface area contributed by atoms with E-state index in [1.165, 1.54) is 0 Å². The standard InChI is InChI=1S/C21H38N6O8/c1-3-11(2)17(24)20(33)26-13(7-8-16(29)30)19(32)25-12(6-4-5-9-22)18(31)27-14(21(34)35)10-15(23)28/h11-14,17H,3-10,22,24H2,1-2H3,(H2,23,28)(H,25,32)(H,26,33)(H,27,31)(H,29,30)(H,34,35). The summed E-state index contributed by atoms with van der Waals surface area (Å²) in [6.45, 7) is 3.89. The molecule has 0 rings (SSSR count). The smallest absolute Gasteiger partial charge is 0.326 e. The largest absolute Gasteiger partial charge is 0.481 e. The maximum absolute atomic E-state index is 12.9. The van der Waals surface area contributed by atoms with Crippen LogP contribution in [0.25, 0.3) is 0 Å². The molecule has 0 aliphatic heterocycles. The fourth-order valence-corrected chi connectivity index (χ4v) is 3.02. The Morgan fingerprint density at radius 3 is 1.80 bits per heavy atom. The Labute approximate surface area is 203 Å². The van der Waals surface area contributed by atoms with Gasteiger partial charge in [0.1, 0.15) is 18.1 Å². The second-order valence-corrected chi connectivity index (χ2v) is 8.32. The zero-order valence-corrected chi connectivity index (χ0v) is 20.1. The highest BCUT2D eigenvalue weighted by Gasteiger charge is 2.31. The number of carboxylic acids is 2. The van der Waals surface area contributed by atoms with Crippen LogP contribution in [0.3, 0.4) is 0 Å². The summed E-state index contributed by atoms with van der Waals surface area (Å²) < 4.78 is 0. The number of carbonyl (C=O) groups is 6. The minimum atomic E-state index is -1.61. The summed E-state index contributed by atoms with van der Waals surface area (Å²) >= 11 is 0. The van der Waals surface area contributed by atoms with Crippen molar-refractivity contribution in [2.75, 3.05) is 6.54 Å². The molecule has 4 amide bonds. The Hall–Kier alpha value is -3.26. The minimum absolute atomic E-state index is 0.0731. The lowest BCUT2D eigenvalue weighted by atomic mass is 9.98. The maximum Gasteiger partial charge on any atom is 0.326 e. The number of primary amides is 1. The Morgan fingerprint density at radius 2 is 1.34 bits per heavy atom. The van der Waals surface area contributed by atoms with Crippen molar-refractivity contribution in [3.63, 3.8) is 0 Å². The van der Waals surface area contributed by atoms with Crippen molar-refractivity contribution in [2.45, 2.75) is 83.0 Å². The molecule has 0 aliphatic carbocycles. The van der Waals surface area contributed by atoms with Gasteiger partial charge in [0.05, 0.1) is 12.5 Å². The van der Waals surface area contributed by atoms with Crippen molar-refractivity contribution >= 4 is 35.6 Å². The first-order valence-corrected chi connectivity index (χ1v) is 11.4. The van der Waals surface area contributed by atoms with Gasteiger partial charge in [-0.25, -0.2) is 4.79 Å². The molecular formula is C21H38N6O8. The lowest BCUT2D eigenvalue weighted by molar-refractivity contribution is -0.143. The third-order valence-electron chi connectivity index (χ3n) is 5.44. The summed E-state index contributed by atoms with van der Waals surface area (Å²) in [7, 11) is 0. The molecule has 0 saturated carbocycles. The highest BCUT2D eigenvalue weighted by molar-refractivity contribution is 5.95. The van der Waals surface area contributed by atoms with Gasteiger partial charge in [0, 0.05) is 6.42 Å². The van der Waals surface area contributed by atoms with Gasteiger partial charge in [-0.15, -0.1) is 0 Å². The van der Waals surface area contributed by atoms with Gasteiger partial charge in [-0.05, 0) is 38.1 Å². The minimum Gasteiger partial charge on any atom is -0.481 e. The van der Waals surface area contributed by atoms with Gasteiger partial charge in [0.15, 0.2) is 0 Å². The van der Waals surface area contributed by atoms with Gasteiger partial charge in [-0.2, -0.15) is 0 Å². The lowest BCUT2D eigenvalue weighted by Gasteiger charge is -2.26. The van der Waals surface area contributed by atoms with E-state index in [0.717, 1.165) is 0 Å². The summed E-state index contributed by atoms with van der Waals surface area (Å²) in [5.74, 6) is -6.22. The van der Waals surface area contributed by atoms with Crippen molar-refractivity contribution in [3.05, 3.63) is 0 Å². The third kappa shape index (κ3) is 12.7. The van der Waals surface area contributed by atoms with Gasteiger partial charge >= 0.3 is 11.9 Å². The monoisotopic (exact) mass is 502 g/mol. The van der Waals surface area contributed by atoms with Crippen LogP contribution in [0, 0.1) is 5.92 Å². The first-order chi connectivity index (χ1) is 16.3. The number of aliphatic carboxylic acids is 2. The Kier molecular flexibility index (Phi) is 14.9. The average molecular weight is 503 g/mol. The van der Waals surface area contributed by atoms with Crippen LogP contribution in [0.2, 0.25) is 0 Å².